The van der Waals surface area contributed by atoms with Crippen LogP contribution in [0.5, 0.6) is 0 Å². The third kappa shape index (κ3) is 3.83. The number of halogens is 1. The molecule has 17 heavy (non-hydrogen) atoms. The van der Waals surface area contributed by atoms with Crippen LogP contribution in [-0.2, 0) is 4.74 Å². The van der Waals surface area contributed by atoms with Gasteiger partial charge in [0.15, 0.2) is 5.78 Å². The summed E-state index contributed by atoms with van der Waals surface area (Å²) in [6, 6.07) is 7.57. The number of rotatable bonds is 5. The van der Waals surface area contributed by atoms with E-state index in [1.54, 1.807) is 11.8 Å². The molecule has 2 rings (SSSR count). The smallest absolute Gasteiger partial charge is 0.173 e. The maximum atomic E-state index is 11.9. The SMILES string of the molecule is O=C(CSCC1CCCO1)c1ccccc1Br. The van der Waals surface area contributed by atoms with Gasteiger partial charge in [0.05, 0.1) is 11.9 Å². The van der Waals surface area contributed by atoms with Crippen LogP contribution in [0, 0.1) is 0 Å². The van der Waals surface area contributed by atoms with E-state index >= 15 is 0 Å². The first-order chi connectivity index (χ1) is 8.27. The number of hydrogen-bond donors (Lipinski definition) is 0. The Morgan fingerprint density at radius 1 is 1.47 bits per heavy atom. The fourth-order valence-electron chi connectivity index (χ4n) is 1.82. The molecule has 1 fully saturated rings. The fraction of sp³-hybridized carbons (Fsp3) is 0.462. The molecule has 1 atom stereocenters. The molecule has 0 amide bonds. The number of ketones is 1. The van der Waals surface area contributed by atoms with E-state index < -0.39 is 0 Å². The Bertz CT molecular complexity index is 389. The topological polar surface area (TPSA) is 26.3 Å². The Morgan fingerprint density at radius 3 is 3.00 bits per heavy atom. The monoisotopic (exact) mass is 314 g/mol. The van der Waals surface area contributed by atoms with Gasteiger partial charge in [0.2, 0.25) is 0 Å². The van der Waals surface area contributed by atoms with Gasteiger partial charge < -0.3 is 4.74 Å². The lowest BCUT2D eigenvalue weighted by molar-refractivity contribution is 0.102. The van der Waals surface area contributed by atoms with Crippen LogP contribution < -0.4 is 0 Å². The molecule has 1 heterocycles. The van der Waals surface area contributed by atoms with E-state index in [0.29, 0.717) is 11.9 Å². The van der Waals surface area contributed by atoms with Gasteiger partial charge in [0.1, 0.15) is 0 Å². The normalized spacial score (nSPS) is 19.5. The van der Waals surface area contributed by atoms with Gasteiger partial charge in [-0.15, -0.1) is 0 Å². The third-order valence-electron chi connectivity index (χ3n) is 2.74. The highest BCUT2D eigenvalue weighted by atomic mass is 79.9. The minimum atomic E-state index is 0.181. The summed E-state index contributed by atoms with van der Waals surface area (Å²) >= 11 is 5.07. The molecule has 4 heteroatoms. The van der Waals surface area contributed by atoms with Crippen LogP contribution in [-0.4, -0.2) is 30.0 Å². The van der Waals surface area contributed by atoms with Crippen molar-refractivity contribution in [3.63, 3.8) is 0 Å². The van der Waals surface area contributed by atoms with Crippen LogP contribution in [0.1, 0.15) is 23.2 Å². The Morgan fingerprint density at radius 2 is 2.29 bits per heavy atom. The Balaban J connectivity index is 1.79. The molecule has 0 saturated carbocycles. The minimum Gasteiger partial charge on any atom is -0.377 e. The molecular weight excluding hydrogens is 300 g/mol. The molecule has 1 aliphatic heterocycles. The lowest BCUT2D eigenvalue weighted by Gasteiger charge is -2.08. The molecule has 2 nitrogen and oxygen atoms in total. The minimum absolute atomic E-state index is 0.181. The van der Waals surface area contributed by atoms with Crippen molar-refractivity contribution in [2.24, 2.45) is 0 Å². The van der Waals surface area contributed by atoms with Crippen LogP contribution in [0.25, 0.3) is 0 Å². The van der Waals surface area contributed by atoms with E-state index in [-0.39, 0.29) is 5.78 Å². The van der Waals surface area contributed by atoms with E-state index in [0.717, 1.165) is 35.2 Å². The van der Waals surface area contributed by atoms with Gasteiger partial charge in [0, 0.05) is 22.4 Å². The molecule has 0 bridgehead atoms. The predicted octanol–water partition coefficient (Wildman–Crippen LogP) is 3.54. The third-order valence-corrected chi connectivity index (χ3v) is 4.50. The number of carbonyl (C=O) groups excluding carboxylic acids is 1. The van der Waals surface area contributed by atoms with Gasteiger partial charge in [-0.05, 0) is 18.9 Å². The summed E-state index contributed by atoms with van der Waals surface area (Å²) in [4.78, 5) is 11.9. The molecule has 1 saturated heterocycles. The highest BCUT2D eigenvalue weighted by molar-refractivity contribution is 9.10. The van der Waals surface area contributed by atoms with Crippen molar-refractivity contribution in [2.75, 3.05) is 18.1 Å². The second kappa shape index (κ2) is 6.57. The molecule has 92 valence electrons. The van der Waals surface area contributed by atoms with E-state index in [9.17, 15) is 4.79 Å². The number of benzene rings is 1. The van der Waals surface area contributed by atoms with E-state index in [1.807, 2.05) is 24.3 Å². The van der Waals surface area contributed by atoms with Crippen molar-refractivity contribution in [3.8, 4) is 0 Å². The van der Waals surface area contributed by atoms with Crippen LogP contribution in [0.3, 0.4) is 0 Å². The molecule has 0 N–H and O–H groups in total. The lowest BCUT2D eigenvalue weighted by Crippen LogP contribution is -2.11. The van der Waals surface area contributed by atoms with Crippen molar-refractivity contribution in [1.29, 1.82) is 0 Å². The Labute approximate surface area is 114 Å². The quantitative estimate of drug-likeness (QED) is 0.778. The summed E-state index contributed by atoms with van der Waals surface area (Å²) in [5.74, 6) is 1.64. The summed E-state index contributed by atoms with van der Waals surface area (Å²) in [5.41, 5.74) is 0.771. The average molecular weight is 315 g/mol. The average Bonchev–Trinajstić information content (AvgIpc) is 2.82. The first kappa shape index (κ1) is 13.1. The second-order valence-electron chi connectivity index (χ2n) is 4.05. The highest BCUT2D eigenvalue weighted by Gasteiger charge is 2.16. The van der Waals surface area contributed by atoms with E-state index in [4.69, 9.17) is 4.74 Å². The molecule has 1 unspecified atom stereocenters. The van der Waals surface area contributed by atoms with Crippen LogP contribution in [0.4, 0.5) is 0 Å². The molecule has 1 aliphatic rings. The number of Topliss-reactive ketones (excluding diaryl/α,β-unsaturated/α-hetero) is 1. The van der Waals surface area contributed by atoms with Gasteiger partial charge in [-0.2, -0.15) is 11.8 Å². The molecule has 0 aromatic heterocycles. The van der Waals surface area contributed by atoms with Gasteiger partial charge >= 0.3 is 0 Å². The molecule has 0 spiro atoms. The number of hydrogen-bond acceptors (Lipinski definition) is 3. The van der Waals surface area contributed by atoms with Crippen molar-refractivity contribution in [3.05, 3.63) is 34.3 Å². The largest absolute Gasteiger partial charge is 0.377 e. The molecule has 0 radical (unpaired) electrons. The zero-order chi connectivity index (χ0) is 12.1. The van der Waals surface area contributed by atoms with Gasteiger partial charge in [-0.25, -0.2) is 0 Å². The first-order valence-corrected chi connectivity index (χ1v) is 7.69. The second-order valence-corrected chi connectivity index (χ2v) is 5.94. The van der Waals surface area contributed by atoms with Gasteiger partial charge in [-0.1, -0.05) is 34.1 Å². The number of ether oxygens (including phenoxy) is 1. The highest BCUT2D eigenvalue weighted by Crippen LogP contribution is 2.20. The van der Waals surface area contributed by atoms with Gasteiger partial charge in [-0.3, -0.25) is 4.79 Å². The first-order valence-electron chi connectivity index (χ1n) is 5.74. The Kier molecular flexibility index (Phi) is 5.07. The summed E-state index contributed by atoms with van der Waals surface area (Å²) in [6.45, 7) is 0.878. The summed E-state index contributed by atoms with van der Waals surface area (Å²) in [5, 5.41) is 0. The molecule has 1 aromatic carbocycles. The van der Waals surface area contributed by atoms with Crippen molar-refractivity contribution >= 4 is 33.5 Å². The maximum Gasteiger partial charge on any atom is 0.173 e. The van der Waals surface area contributed by atoms with Crippen LogP contribution in [0.15, 0.2) is 28.7 Å². The molecule has 0 aliphatic carbocycles. The van der Waals surface area contributed by atoms with E-state index in [2.05, 4.69) is 15.9 Å². The van der Waals surface area contributed by atoms with Crippen molar-refractivity contribution < 1.29 is 9.53 Å². The number of carbonyl (C=O) groups is 1. The maximum absolute atomic E-state index is 11.9. The summed E-state index contributed by atoms with van der Waals surface area (Å²) in [7, 11) is 0. The zero-order valence-electron chi connectivity index (χ0n) is 9.52. The summed E-state index contributed by atoms with van der Waals surface area (Å²) in [6.07, 6.45) is 2.65. The number of thioether (sulfide) groups is 1. The standard InChI is InChI=1S/C13H15BrO2S/c14-12-6-2-1-5-11(12)13(15)9-17-8-10-4-3-7-16-10/h1-2,5-6,10H,3-4,7-9H2. The van der Waals surface area contributed by atoms with Crippen molar-refractivity contribution in [2.45, 2.75) is 18.9 Å². The lowest BCUT2D eigenvalue weighted by atomic mass is 10.1. The van der Waals surface area contributed by atoms with E-state index in [1.165, 1.54) is 0 Å². The van der Waals surface area contributed by atoms with Crippen molar-refractivity contribution in [1.82, 2.24) is 0 Å². The van der Waals surface area contributed by atoms with Crippen LogP contribution in [0.2, 0.25) is 0 Å². The van der Waals surface area contributed by atoms with Gasteiger partial charge in [0.25, 0.3) is 0 Å². The summed E-state index contributed by atoms with van der Waals surface area (Å²) < 4.78 is 6.40. The van der Waals surface area contributed by atoms with Crippen LogP contribution >= 0.6 is 27.7 Å². The predicted molar refractivity (Wildman–Crippen MR) is 74.8 cm³/mol. The molecule has 1 aromatic rings. The zero-order valence-corrected chi connectivity index (χ0v) is 11.9. The fourth-order valence-corrected chi connectivity index (χ4v) is 3.31. The Hall–Kier alpha value is -0.320. The molecular formula is C13H15BrO2S.